The van der Waals surface area contributed by atoms with Crippen molar-refractivity contribution in [2.24, 2.45) is 0 Å². The Kier molecular flexibility index (Phi) is 10.1. The van der Waals surface area contributed by atoms with E-state index in [9.17, 15) is 0 Å². The molecule has 138 valence electrons. The molecule has 0 saturated carbocycles. The Balaban J connectivity index is 0.00000156. The van der Waals surface area contributed by atoms with E-state index in [1.807, 2.05) is 0 Å². The lowest BCUT2D eigenvalue weighted by atomic mass is 9.96. The lowest BCUT2D eigenvalue weighted by Crippen LogP contribution is -2.45. The molecule has 2 aromatic rings. The molecule has 25 heavy (non-hydrogen) atoms. The van der Waals surface area contributed by atoms with E-state index < -0.39 is 0 Å². The van der Waals surface area contributed by atoms with Gasteiger partial charge in [0.1, 0.15) is 0 Å². The van der Waals surface area contributed by atoms with Crippen LogP contribution < -0.4 is 5.32 Å². The maximum absolute atomic E-state index is 3.47. The number of halogens is 2. The molecule has 0 bridgehead atoms. The minimum Gasteiger partial charge on any atom is -0.314 e. The molecule has 1 aliphatic rings. The second-order valence-electron chi connectivity index (χ2n) is 6.43. The number of piperazine rings is 1. The van der Waals surface area contributed by atoms with Gasteiger partial charge in [-0.15, -0.1) is 24.8 Å². The van der Waals surface area contributed by atoms with Gasteiger partial charge in [0.25, 0.3) is 0 Å². The van der Waals surface area contributed by atoms with Gasteiger partial charge < -0.3 is 5.32 Å². The third-order valence-corrected chi connectivity index (χ3v) is 4.83. The van der Waals surface area contributed by atoms with Crippen LogP contribution in [0.1, 0.15) is 37.8 Å². The van der Waals surface area contributed by atoms with Crippen LogP contribution in [0.2, 0.25) is 0 Å². The van der Waals surface area contributed by atoms with E-state index in [-0.39, 0.29) is 24.8 Å². The minimum atomic E-state index is 0. The molecule has 1 aliphatic heterocycles. The summed E-state index contributed by atoms with van der Waals surface area (Å²) in [5.74, 6) is 0. The van der Waals surface area contributed by atoms with Crippen LogP contribution in [0.5, 0.6) is 0 Å². The zero-order valence-electron chi connectivity index (χ0n) is 15.0. The van der Waals surface area contributed by atoms with Crippen LogP contribution in [0.15, 0.2) is 54.6 Å². The Morgan fingerprint density at radius 2 is 1.48 bits per heavy atom. The predicted octanol–water partition coefficient (Wildman–Crippen LogP) is 5.33. The Morgan fingerprint density at radius 3 is 2.08 bits per heavy atom. The molecule has 0 aromatic heterocycles. The van der Waals surface area contributed by atoms with E-state index in [0.717, 1.165) is 26.2 Å². The van der Waals surface area contributed by atoms with Crippen molar-refractivity contribution in [2.45, 2.75) is 32.2 Å². The summed E-state index contributed by atoms with van der Waals surface area (Å²) < 4.78 is 0. The van der Waals surface area contributed by atoms with Crippen LogP contribution in [-0.2, 0) is 0 Å². The maximum atomic E-state index is 3.47. The number of hydrogen-bond donors (Lipinski definition) is 1. The van der Waals surface area contributed by atoms with Gasteiger partial charge in [-0.25, -0.2) is 0 Å². The highest BCUT2D eigenvalue weighted by Crippen LogP contribution is 2.29. The molecule has 0 unspecified atom stereocenters. The summed E-state index contributed by atoms with van der Waals surface area (Å²) in [6.07, 6.45) is 3.83. The van der Waals surface area contributed by atoms with Gasteiger partial charge in [0.05, 0.1) is 0 Å². The van der Waals surface area contributed by atoms with E-state index in [0.29, 0.717) is 6.04 Å². The molecule has 0 amide bonds. The zero-order valence-corrected chi connectivity index (χ0v) is 16.6. The summed E-state index contributed by atoms with van der Waals surface area (Å²) in [4.78, 5) is 2.66. The van der Waals surface area contributed by atoms with E-state index in [2.05, 4.69) is 71.7 Å². The molecular formula is C21H30Cl2N2. The summed E-state index contributed by atoms with van der Waals surface area (Å²) in [6, 6.07) is 20.5. The molecule has 1 atom stereocenters. The number of rotatable bonds is 6. The first-order chi connectivity index (χ1) is 11.4. The monoisotopic (exact) mass is 380 g/mol. The number of benzene rings is 2. The molecule has 2 nitrogen and oxygen atoms in total. The third-order valence-electron chi connectivity index (χ3n) is 4.83. The Morgan fingerprint density at radius 1 is 0.880 bits per heavy atom. The van der Waals surface area contributed by atoms with Crippen LogP contribution in [0.3, 0.4) is 0 Å². The number of nitrogens with zero attached hydrogens (tertiary/aromatic N) is 1. The average molecular weight is 381 g/mol. The van der Waals surface area contributed by atoms with Gasteiger partial charge in [0, 0.05) is 32.2 Å². The summed E-state index contributed by atoms with van der Waals surface area (Å²) in [6.45, 7) is 6.84. The van der Waals surface area contributed by atoms with Gasteiger partial charge in [-0.05, 0) is 23.1 Å². The highest BCUT2D eigenvalue weighted by Gasteiger charge is 2.21. The second kappa shape index (κ2) is 11.5. The molecule has 2 aromatic carbocycles. The van der Waals surface area contributed by atoms with Crippen molar-refractivity contribution in [3.63, 3.8) is 0 Å². The zero-order chi connectivity index (χ0) is 15.9. The van der Waals surface area contributed by atoms with Crippen molar-refractivity contribution in [1.29, 1.82) is 0 Å². The fourth-order valence-electron chi connectivity index (χ4n) is 3.48. The third kappa shape index (κ3) is 6.00. The van der Waals surface area contributed by atoms with Crippen molar-refractivity contribution >= 4 is 24.8 Å². The first-order valence-corrected chi connectivity index (χ1v) is 8.98. The lowest BCUT2D eigenvalue weighted by molar-refractivity contribution is 0.163. The standard InChI is InChI=1S/C21H28N2.2ClH/c1-2-3-9-21(23-16-14-22-15-17-23)20-12-10-19(11-13-20)18-7-5-4-6-8-18;;/h4-8,10-13,21-22H,2-3,9,14-17H2,1H3;2*1H/t21-;;/m1../s1. The Hall–Kier alpha value is -1.06. The summed E-state index contributed by atoms with van der Waals surface area (Å²) in [5, 5.41) is 3.47. The normalized spacial score (nSPS) is 15.7. The minimum absolute atomic E-state index is 0. The van der Waals surface area contributed by atoms with Gasteiger partial charge in [-0.1, -0.05) is 74.4 Å². The maximum Gasteiger partial charge on any atom is 0.0349 e. The molecule has 1 heterocycles. The average Bonchev–Trinajstić information content (AvgIpc) is 2.64. The van der Waals surface area contributed by atoms with Crippen molar-refractivity contribution in [3.8, 4) is 11.1 Å². The van der Waals surface area contributed by atoms with Crippen molar-refractivity contribution in [2.75, 3.05) is 26.2 Å². The molecule has 4 heteroatoms. The quantitative estimate of drug-likeness (QED) is 0.727. The topological polar surface area (TPSA) is 15.3 Å². The van der Waals surface area contributed by atoms with Crippen LogP contribution in [0.4, 0.5) is 0 Å². The second-order valence-corrected chi connectivity index (χ2v) is 6.43. The van der Waals surface area contributed by atoms with E-state index in [1.54, 1.807) is 0 Å². The molecule has 0 radical (unpaired) electrons. The molecule has 0 aliphatic carbocycles. The first kappa shape index (κ1) is 22.0. The predicted molar refractivity (Wildman–Crippen MR) is 113 cm³/mol. The van der Waals surface area contributed by atoms with Crippen LogP contribution in [-0.4, -0.2) is 31.1 Å². The van der Waals surface area contributed by atoms with Crippen molar-refractivity contribution in [1.82, 2.24) is 10.2 Å². The molecule has 0 spiro atoms. The highest BCUT2D eigenvalue weighted by atomic mass is 35.5. The summed E-state index contributed by atoms with van der Waals surface area (Å²) >= 11 is 0. The largest absolute Gasteiger partial charge is 0.314 e. The SMILES string of the molecule is CCCC[C@H](c1ccc(-c2ccccc2)cc1)N1CCNCC1.Cl.Cl. The van der Waals surface area contributed by atoms with Crippen molar-refractivity contribution in [3.05, 3.63) is 60.2 Å². The lowest BCUT2D eigenvalue weighted by Gasteiger charge is -2.35. The van der Waals surface area contributed by atoms with Crippen LogP contribution in [0, 0.1) is 0 Å². The number of hydrogen-bond acceptors (Lipinski definition) is 2. The molecule has 1 N–H and O–H groups in total. The Bertz CT molecular complexity index is 581. The summed E-state index contributed by atoms with van der Waals surface area (Å²) in [7, 11) is 0. The first-order valence-electron chi connectivity index (χ1n) is 8.98. The van der Waals surface area contributed by atoms with E-state index in [4.69, 9.17) is 0 Å². The van der Waals surface area contributed by atoms with Gasteiger partial charge >= 0.3 is 0 Å². The van der Waals surface area contributed by atoms with Gasteiger partial charge in [0.15, 0.2) is 0 Å². The fourth-order valence-corrected chi connectivity index (χ4v) is 3.48. The Labute approximate surface area is 164 Å². The van der Waals surface area contributed by atoms with E-state index in [1.165, 1.54) is 36.0 Å². The molecular weight excluding hydrogens is 351 g/mol. The van der Waals surface area contributed by atoms with E-state index >= 15 is 0 Å². The van der Waals surface area contributed by atoms with Gasteiger partial charge in [-0.3, -0.25) is 4.90 Å². The number of unbranched alkanes of at least 4 members (excludes halogenated alkanes) is 1. The van der Waals surface area contributed by atoms with Crippen molar-refractivity contribution < 1.29 is 0 Å². The highest BCUT2D eigenvalue weighted by molar-refractivity contribution is 5.85. The molecule has 3 rings (SSSR count). The molecule has 1 fully saturated rings. The smallest absolute Gasteiger partial charge is 0.0349 e. The van der Waals surface area contributed by atoms with Crippen LogP contribution >= 0.6 is 24.8 Å². The van der Waals surface area contributed by atoms with Gasteiger partial charge in [0.2, 0.25) is 0 Å². The number of nitrogens with one attached hydrogen (secondary N) is 1. The molecule has 1 saturated heterocycles. The summed E-state index contributed by atoms with van der Waals surface area (Å²) in [5.41, 5.74) is 4.08. The van der Waals surface area contributed by atoms with Crippen LogP contribution in [0.25, 0.3) is 11.1 Å². The van der Waals surface area contributed by atoms with Gasteiger partial charge in [-0.2, -0.15) is 0 Å². The fraction of sp³-hybridized carbons (Fsp3) is 0.429.